The van der Waals surface area contributed by atoms with E-state index in [0.29, 0.717) is 0 Å². The van der Waals surface area contributed by atoms with E-state index in [1.807, 2.05) is 10.9 Å². The molecule has 0 amide bonds. The van der Waals surface area contributed by atoms with Crippen LogP contribution in [-0.2, 0) is 17.8 Å². The fourth-order valence-corrected chi connectivity index (χ4v) is 1.44. The van der Waals surface area contributed by atoms with E-state index < -0.39 is 0 Å². The lowest BCUT2D eigenvalue weighted by molar-refractivity contribution is 0.188. The van der Waals surface area contributed by atoms with E-state index in [1.54, 1.807) is 7.11 Å². The Bertz CT molecular complexity index is 295. The maximum atomic E-state index is 4.98. The third-order valence-corrected chi connectivity index (χ3v) is 2.47. The van der Waals surface area contributed by atoms with Gasteiger partial charge in [-0.15, -0.1) is 5.10 Å². The first kappa shape index (κ1) is 10.6. The molecule has 1 aliphatic carbocycles. The van der Waals surface area contributed by atoms with Gasteiger partial charge in [0.15, 0.2) is 0 Å². The topological polar surface area (TPSA) is 52.0 Å². The Hall–Kier alpha value is -0.940. The van der Waals surface area contributed by atoms with Crippen molar-refractivity contribution in [2.24, 2.45) is 0 Å². The number of nitrogens with zero attached hydrogens (tertiary/aromatic N) is 3. The van der Waals surface area contributed by atoms with Crippen LogP contribution in [0.3, 0.4) is 0 Å². The normalized spacial score (nSPS) is 15.8. The summed E-state index contributed by atoms with van der Waals surface area (Å²) in [5.74, 6) is 0. The predicted octanol–water partition coefficient (Wildman–Crippen LogP) is 0.567. The van der Waals surface area contributed by atoms with Crippen LogP contribution in [0.25, 0.3) is 0 Å². The largest absolute Gasteiger partial charge is 0.385 e. The van der Waals surface area contributed by atoms with Crippen LogP contribution < -0.4 is 5.32 Å². The van der Waals surface area contributed by atoms with Crippen LogP contribution in [0.15, 0.2) is 6.20 Å². The molecule has 0 aliphatic heterocycles. The molecule has 1 aromatic heterocycles. The number of ether oxygens (including phenoxy) is 1. The molecule has 1 aliphatic rings. The summed E-state index contributed by atoms with van der Waals surface area (Å²) in [7, 11) is 1.71. The molecule has 0 aromatic carbocycles. The molecule has 0 radical (unpaired) electrons. The van der Waals surface area contributed by atoms with Gasteiger partial charge in [-0.05, 0) is 19.3 Å². The minimum atomic E-state index is 0.726. The second-order valence-electron chi connectivity index (χ2n) is 3.97. The van der Waals surface area contributed by atoms with E-state index in [0.717, 1.165) is 37.9 Å². The average molecular weight is 210 g/mol. The molecule has 5 heteroatoms. The monoisotopic (exact) mass is 210 g/mol. The minimum absolute atomic E-state index is 0.726. The molecule has 1 saturated carbocycles. The highest BCUT2D eigenvalue weighted by Gasteiger charge is 2.20. The second-order valence-corrected chi connectivity index (χ2v) is 3.97. The van der Waals surface area contributed by atoms with Crippen molar-refractivity contribution in [1.29, 1.82) is 0 Å². The van der Waals surface area contributed by atoms with Crippen molar-refractivity contribution in [3.05, 3.63) is 11.9 Å². The summed E-state index contributed by atoms with van der Waals surface area (Å²) in [5, 5.41) is 11.6. The summed E-state index contributed by atoms with van der Waals surface area (Å²) in [6.07, 6.45) is 5.60. The third kappa shape index (κ3) is 3.60. The summed E-state index contributed by atoms with van der Waals surface area (Å²) < 4.78 is 6.86. The molecule has 0 bridgehead atoms. The minimum Gasteiger partial charge on any atom is -0.385 e. The second kappa shape index (κ2) is 5.23. The standard InChI is InChI=1S/C10H18N4O/c1-15-6-2-5-14-8-10(12-13-14)7-11-9-3-4-9/h8-9,11H,2-7H2,1H3. The molecule has 0 atom stereocenters. The number of rotatable bonds is 7. The fraction of sp³-hybridized carbons (Fsp3) is 0.800. The molecule has 1 N–H and O–H groups in total. The van der Waals surface area contributed by atoms with Gasteiger partial charge in [-0.2, -0.15) is 0 Å². The fourth-order valence-electron chi connectivity index (χ4n) is 1.44. The molecule has 0 spiro atoms. The van der Waals surface area contributed by atoms with E-state index in [-0.39, 0.29) is 0 Å². The van der Waals surface area contributed by atoms with Gasteiger partial charge in [-0.1, -0.05) is 5.21 Å². The van der Waals surface area contributed by atoms with Crippen LogP contribution in [-0.4, -0.2) is 34.8 Å². The first-order chi connectivity index (χ1) is 7.38. The smallest absolute Gasteiger partial charge is 0.0964 e. The van der Waals surface area contributed by atoms with E-state index in [1.165, 1.54) is 12.8 Å². The van der Waals surface area contributed by atoms with E-state index in [9.17, 15) is 0 Å². The zero-order valence-corrected chi connectivity index (χ0v) is 9.15. The molecule has 84 valence electrons. The maximum Gasteiger partial charge on any atom is 0.0964 e. The van der Waals surface area contributed by atoms with Gasteiger partial charge in [0.05, 0.1) is 5.69 Å². The summed E-state index contributed by atoms with van der Waals surface area (Å²) in [4.78, 5) is 0. The maximum absolute atomic E-state index is 4.98. The summed E-state index contributed by atoms with van der Waals surface area (Å²) >= 11 is 0. The lowest BCUT2D eigenvalue weighted by Crippen LogP contribution is -2.15. The Morgan fingerprint density at radius 2 is 2.47 bits per heavy atom. The molecule has 0 unspecified atom stereocenters. The molecule has 15 heavy (non-hydrogen) atoms. The Balaban J connectivity index is 1.70. The Kier molecular flexibility index (Phi) is 3.69. The SMILES string of the molecule is COCCCn1cc(CNC2CC2)nn1. The van der Waals surface area contributed by atoms with Crippen LogP contribution in [0.5, 0.6) is 0 Å². The predicted molar refractivity (Wildman–Crippen MR) is 56.4 cm³/mol. The van der Waals surface area contributed by atoms with Gasteiger partial charge >= 0.3 is 0 Å². The highest BCUT2D eigenvalue weighted by Crippen LogP contribution is 2.18. The van der Waals surface area contributed by atoms with Crippen LogP contribution >= 0.6 is 0 Å². The van der Waals surface area contributed by atoms with Crippen LogP contribution in [0.1, 0.15) is 25.0 Å². The molecule has 1 aromatic rings. The van der Waals surface area contributed by atoms with Crippen molar-refractivity contribution >= 4 is 0 Å². The first-order valence-corrected chi connectivity index (χ1v) is 5.50. The number of methoxy groups -OCH3 is 1. The quantitative estimate of drug-likeness (QED) is 0.668. The molecule has 2 rings (SSSR count). The lowest BCUT2D eigenvalue weighted by Gasteiger charge is -1.98. The van der Waals surface area contributed by atoms with E-state index in [4.69, 9.17) is 4.74 Å². The number of aromatic nitrogens is 3. The van der Waals surface area contributed by atoms with Gasteiger partial charge in [0, 0.05) is 39.0 Å². The van der Waals surface area contributed by atoms with Crippen molar-refractivity contribution in [3.63, 3.8) is 0 Å². The van der Waals surface area contributed by atoms with Gasteiger partial charge < -0.3 is 10.1 Å². The van der Waals surface area contributed by atoms with Gasteiger partial charge in [0.1, 0.15) is 0 Å². The van der Waals surface area contributed by atoms with Crippen molar-refractivity contribution in [2.45, 2.75) is 38.4 Å². The summed E-state index contributed by atoms with van der Waals surface area (Å²) in [5.41, 5.74) is 1.03. The van der Waals surface area contributed by atoms with Gasteiger partial charge in [-0.3, -0.25) is 4.68 Å². The van der Waals surface area contributed by atoms with Gasteiger partial charge in [0.25, 0.3) is 0 Å². The first-order valence-electron chi connectivity index (χ1n) is 5.50. The number of hydrogen-bond acceptors (Lipinski definition) is 4. The van der Waals surface area contributed by atoms with Crippen LogP contribution in [0.4, 0.5) is 0 Å². The number of nitrogens with one attached hydrogen (secondary N) is 1. The zero-order valence-electron chi connectivity index (χ0n) is 9.15. The highest BCUT2D eigenvalue weighted by atomic mass is 16.5. The Morgan fingerprint density at radius 3 is 3.20 bits per heavy atom. The molecule has 1 heterocycles. The average Bonchev–Trinajstić information content (AvgIpc) is 2.97. The van der Waals surface area contributed by atoms with Crippen LogP contribution in [0, 0.1) is 0 Å². The third-order valence-electron chi connectivity index (χ3n) is 2.47. The molecule has 5 nitrogen and oxygen atoms in total. The Morgan fingerprint density at radius 1 is 1.60 bits per heavy atom. The highest BCUT2D eigenvalue weighted by molar-refractivity contribution is 4.94. The molecular weight excluding hydrogens is 192 g/mol. The number of hydrogen-bond donors (Lipinski definition) is 1. The number of aryl methyl sites for hydroxylation is 1. The molecule has 1 fully saturated rings. The van der Waals surface area contributed by atoms with Crippen molar-refractivity contribution < 1.29 is 4.74 Å². The Labute approximate surface area is 89.8 Å². The molecule has 0 saturated heterocycles. The van der Waals surface area contributed by atoms with Crippen molar-refractivity contribution in [3.8, 4) is 0 Å². The van der Waals surface area contributed by atoms with Crippen molar-refractivity contribution in [2.75, 3.05) is 13.7 Å². The summed E-state index contributed by atoms with van der Waals surface area (Å²) in [6, 6.07) is 0.726. The molecular formula is C10H18N4O. The van der Waals surface area contributed by atoms with E-state index in [2.05, 4.69) is 15.6 Å². The lowest BCUT2D eigenvalue weighted by atomic mass is 10.4. The van der Waals surface area contributed by atoms with Crippen molar-refractivity contribution in [1.82, 2.24) is 20.3 Å². The zero-order chi connectivity index (χ0) is 10.5. The van der Waals surface area contributed by atoms with Crippen LogP contribution in [0.2, 0.25) is 0 Å². The van der Waals surface area contributed by atoms with E-state index >= 15 is 0 Å². The van der Waals surface area contributed by atoms with Gasteiger partial charge in [-0.25, -0.2) is 0 Å². The van der Waals surface area contributed by atoms with Gasteiger partial charge in [0.2, 0.25) is 0 Å². The summed E-state index contributed by atoms with van der Waals surface area (Å²) in [6.45, 7) is 2.49.